The third kappa shape index (κ3) is 4.43. The van der Waals surface area contributed by atoms with Gasteiger partial charge in [0.1, 0.15) is 0 Å². The smallest absolute Gasteiger partial charge is 0.257 e. The normalized spacial score (nSPS) is 11.9. The average molecular weight is 320 g/mol. The molecule has 0 fully saturated rings. The van der Waals surface area contributed by atoms with Gasteiger partial charge in [-0.3, -0.25) is 19.6 Å². The number of hydrogen-bond acceptors (Lipinski definition) is 3. The van der Waals surface area contributed by atoms with Gasteiger partial charge in [0.2, 0.25) is 5.91 Å². The number of benzene rings is 1. The molecule has 0 radical (unpaired) electrons. The molecule has 1 N–H and O–H groups in total. The molecule has 0 aliphatic rings. The van der Waals surface area contributed by atoms with Crippen LogP contribution >= 0.6 is 11.6 Å². The number of hydrogen-bond donors (Lipinski definition) is 1. The monoisotopic (exact) mass is 319 g/mol. The lowest BCUT2D eigenvalue weighted by Crippen LogP contribution is -2.32. The molecule has 0 bridgehead atoms. The molecule has 1 aromatic carbocycles. The minimum atomic E-state index is -0.419. The Morgan fingerprint density at radius 1 is 1.32 bits per heavy atom. The van der Waals surface area contributed by atoms with Gasteiger partial charge in [-0.15, -0.1) is 0 Å². The zero-order valence-corrected chi connectivity index (χ0v) is 13.1. The van der Waals surface area contributed by atoms with Crippen LogP contribution in [0.15, 0.2) is 42.7 Å². The van der Waals surface area contributed by atoms with Gasteiger partial charge in [-0.05, 0) is 36.8 Å². The molecular formula is C16H18ClN3O2. The van der Waals surface area contributed by atoms with Gasteiger partial charge in [0.25, 0.3) is 5.91 Å². The van der Waals surface area contributed by atoms with Crippen LogP contribution in [0.4, 0.5) is 0 Å². The average Bonchev–Trinajstić information content (AvgIpc) is 3.01. The molecule has 2 aromatic rings. The van der Waals surface area contributed by atoms with Crippen molar-refractivity contribution in [2.75, 3.05) is 0 Å². The predicted octanol–water partition coefficient (Wildman–Crippen LogP) is 3.22. The number of carbonyl (C=O) groups excluding carboxylic acids is 2. The van der Waals surface area contributed by atoms with Gasteiger partial charge < -0.3 is 0 Å². The van der Waals surface area contributed by atoms with Gasteiger partial charge in [0, 0.05) is 29.4 Å². The van der Waals surface area contributed by atoms with Gasteiger partial charge in [0.05, 0.1) is 6.04 Å². The number of carbonyl (C=O) groups is 2. The Bertz CT molecular complexity index is 623. The molecule has 1 atom stereocenters. The minimum Gasteiger partial charge on any atom is -0.292 e. The second-order valence-electron chi connectivity index (χ2n) is 5.02. The Hall–Kier alpha value is -2.14. The van der Waals surface area contributed by atoms with Crippen molar-refractivity contribution in [2.24, 2.45) is 0 Å². The van der Waals surface area contributed by atoms with Crippen LogP contribution in [0, 0.1) is 0 Å². The first-order valence-corrected chi connectivity index (χ1v) is 7.56. The highest BCUT2D eigenvalue weighted by molar-refractivity contribution is 6.30. The minimum absolute atomic E-state index is 0.0435. The van der Waals surface area contributed by atoms with E-state index in [1.54, 1.807) is 35.1 Å². The SMILES string of the molecule is CCCC(CC(=O)NC(=O)c1ccc(Cl)cc1)n1cccn1. The number of amides is 2. The largest absolute Gasteiger partial charge is 0.292 e. The highest BCUT2D eigenvalue weighted by Gasteiger charge is 2.17. The van der Waals surface area contributed by atoms with E-state index in [2.05, 4.69) is 10.4 Å². The quantitative estimate of drug-likeness (QED) is 0.889. The molecule has 0 saturated carbocycles. The van der Waals surface area contributed by atoms with E-state index in [0.29, 0.717) is 10.6 Å². The van der Waals surface area contributed by atoms with Crippen molar-refractivity contribution in [3.05, 3.63) is 53.3 Å². The zero-order valence-electron chi connectivity index (χ0n) is 12.3. The molecule has 0 aliphatic carbocycles. The summed E-state index contributed by atoms with van der Waals surface area (Å²) >= 11 is 5.77. The molecule has 1 unspecified atom stereocenters. The highest BCUT2D eigenvalue weighted by atomic mass is 35.5. The van der Waals surface area contributed by atoms with Crippen LogP contribution in [0.5, 0.6) is 0 Å². The maximum atomic E-state index is 12.1. The Balaban J connectivity index is 1.96. The second-order valence-corrected chi connectivity index (χ2v) is 5.45. The fraction of sp³-hybridized carbons (Fsp3) is 0.312. The molecule has 116 valence electrons. The first kappa shape index (κ1) is 16.2. The van der Waals surface area contributed by atoms with Crippen molar-refractivity contribution >= 4 is 23.4 Å². The first-order valence-electron chi connectivity index (χ1n) is 7.19. The Kier molecular flexibility index (Phi) is 5.72. The molecule has 22 heavy (non-hydrogen) atoms. The lowest BCUT2D eigenvalue weighted by Gasteiger charge is -2.16. The van der Waals surface area contributed by atoms with Crippen molar-refractivity contribution in [2.45, 2.75) is 32.2 Å². The summed E-state index contributed by atoms with van der Waals surface area (Å²) in [5, 5.41) is 7.12. The van der Waals surface area contributed by atoms with E-state index >= 15 is 0 Å². The third-order valence-electron chi connectivity index (χ3n) is 3.30. The molecule has 5 nitrogen and oxygen atoms in total. The van der Waals surface area contributed by atoms with Crippen molar-refractivity contribution in [1.82, 2.24) is 15.1 Å². The fourth-order valence-electron chi connectivity index (χ4n) is 2.22. The second kappa shape index (κ2) is 7.75. The van der Waals surface area contributed by atoms with E-state index in [1.165, 1.54) is 0 Å². The van der Waals surface area contributed by atoms with Crippen molar-refractivity contribution < 1.29 is 9.59 Å². The molecule has 0 saturated heterocycles. The standard InChI is InChI=1S/C16H18ClN3O2/c1-2-4-14(20-10-3-9-18-20)11-15(21)19-16(22)12-5-7-13(17)8-6-12/h3,5-10,14H,2,4,11H2,1H3,(H,19,21,22). The number of rotatable bonds is 6. The number of halogens is 1. The lowest BCUT2D eigenvalue weighted by atomic mass is 10.1. The highest BCUT2D eigenvalue weighted by Crippen LogP contribution is 2.17. The molecule has 0 aliphatic heterocycles. The summed E-state index contributed by atoms with van der Waals surface area (Å²) < 4.78 is 1.76. The van der Waals surface area contributed by atoms with E-state index < -0.39 is 5.91 Å². The fourth-order valence-corrected chi connectivity index (χ4v) is 2.35. The molecule has 0 spiro atoms. The van der Waals surface area contributed by atoms with Crippen molar-refractivity contribution in [3.8, 4) is 0 Å². The zero-order chi connectivity index (χ0) is 15.9. The van der Waals surface area contributed by atoms with Crippen molar-refractivity contribution in [3.63, 3.8) is 0 Å². The molecule has 1 heterocycles. The number of imide groups is 1. The summed E-state index contributed by atoms with van der Waals surface area (Å²) in [5.74, 6) is -0.730. The number of nitrogens with one attached hydrogen (secondary N) is 1. The molecule has 2 rings (SSSR count). The molecular weight excluding hydrogens is 302 g/mol. The van der Waals surface area contributed by atoms with E-state index in [9.17, 15) is 9.59 Å². The third-order valence-corrected chi connectivity index (χ3v) is 3.55. The van der Waals surface area contributed by atoms with Crippen LogP contribution < -0.4 is 5.32 Å². The first-order chi connectivity index (χ1) is 10.6. The van der Waals surface area contributed by atoms with E-state index in [-0.39, 0.29) is 18.4 Å². The van der Waals surface area contributed by atoms with E-state index in [4.69, 9.17) is 11.6 Å². The van der Waals surface area contributed by atoms with Crippen LogP contribution in [0.2, 0.25) is 5.02 Å². The topological polar surface area (TPSA) is 64.0 Å². The van der Waals surface area contributed by atoms with Crippen LogP contribution in [0.25, 0.3) is 0 Å². The Morgan fingerprint density at radius 3 is 2.64 bits per heavy atom. The maximum Gasteiger partial charge on any atom is 0.257 e. The van der Waals surface area contributed by atoms with E-state index in [1.807, 2.05) is 19.2 Å². The predicted molar refractivity (Wildman–Crippen MR) is 84.7 cm³/mol. The molecule has 2 amide bonds. The van der Waals surface area contributed by atoms with Crippen molar-refractivity contribution in [1.29, 1.82) is 0 Å². The van der Waals surface area contributed by atoms with Crippen LogP contribution in [0.1, 0.15) is 42.6 Å². The summed E-state index contributed by atoms with van der Waals surface area (Å²) in [7, 11) is 0. The summed E-state index contributed by atoms with van der Waals surface area (Å²) in [6, 6.07) is 8.18. The summed E-state index contributed by atoms with van der Waals surface area (Å²) in [4.78, 5) is 24.1. The van der Waals surface area contributed by atoms with Crippen LogP contribution in [-0.2, 0) is 4.79 Å². The van der Waals surface area contributed by atoms with Gasteiger partial charge in [0.15, 0.2) is 0 Å². The number of nitrogens with zero attached hydrogens (tertiary/aromatic N) is 2. The Labute approximate surface area is 134 Å². The number of aromatic nitrogens is 2. The summed E-state index contributed by atoms with van der Waals surface area (Å²) in [6.07, 6.45) is 5.48. The summed E-state index contributed by atoms with van der Waals surface area (Å²) in [6.45, 7) is 2.05. The molecule has 6 heteroatoms. The molecule has 1 aromatic heterocycles. The van der Waals surface area contributed by atoms with Gasteiger partial charge in [-0.25, -0.2) is 0 Å². The summed E-state index contributed by atoms with van der Waals surface area (Å²) in [5.41, 5.74) is 0.406. The lowest BCUT2D eigenvalue weighted by molar-refractivity contribution is -0.121. The van der Waals surface area contributed by atoms with Gasteiger partial charge >= 0.3 is 0 Å². The van der Waals surface area contributed by atoms with E-state index in [0.717, 1.165) is 12.8 Å². The Morgan fingerprint density at radius 2 is 2.05 bits per heavy atom. The maximum absolute atomic E-state index is 12.1. The van der Waals surface area contributed by atoms with Crippen LogP contribution in [0.3, 0.4) is 0 Å². The van der Waals surface area contributed by atoms with Crippen LogP contribution in [-0.4, -0.2) is 21.6 Å². The van der Waals surface area contributed by atoms with Gasteiger partial charge in [-0.2, -0.15) is 5.10 Å². The van der Waals surface area contributed by atoms with Gasteiger partial charge in [-0.1, -0.05) is 24.9 Å².